The Labute approximate surface area is 138 Å². The smallest absolute Gasteiger partial charge is 0.240 e. The second-order valence-electron chi connectivity index (χ2n) is 5.60. The van der Waals surface area contributed by atoms with Crippen LogP contribution in [0.5, 0.6) is 0 Å². The third kappa shape index (κ3) is 4.20. The molecule has 1 aliphatic carbocycles. The molecule has 122 valence electrons. The first-order valence-corrected chi connectivity index (χ1v) is 8.69. The molecule has 1 fully saturated rings. The molecule has 1 saturated carbocycles. The van der Waals surface area contributed by atoms with E-state index in [1.165, 1.54) is 18.2 Å². The zero-order chi connectivity index (χ0) is 15.5. The van der Waals surface area contributed by atoms with Gasteiger partial charge in [-0.1, -0.05) is 12.8 Å². The predicted octanol–water partition coefficient (Wildman–Crippen LogP) is 2.08. The number of benzene rings is 1. The van der Waals surface area contributed by atoms with Gasteiger partial charge in [-0.15, -0.1) is 12.4 Å². The van der Waals surface area contributed by atoms with E-state index in [1.807, 2.05) is 6.07 Å². The van der Waals surface area contributed by atoms with Crippen LogP contribution >= 0.6 is 12.4 Å². The van der Waals surface area contributed by atoms with Crippen LogP contribution in [0.15, 0.2) is 23.1 Å². The second kappa shape index (κ2) is 7.93. The summed E-state index contributed by atoms with van der Waals surface area (Å²) in [5.74, 6) is 0.323. The summed E-state index contributed by atoms with van der Waals surface area (Å²) in [5.41, 5.74) is 6.89. The number of sulfonamides is 1. The zero-order valence-electron chi connectivity index (χ0n) is 12.6. The summed E-state index contributed by atoms with van der Waals surface area (Å²) >= 11 is 0. The molecule has 1 aliphatic rings. The number of nitriles is 1. The molecule has 1 aromatic rings. The number of hydrogen-bond donors (Lipinski definition) is 2. The molecule has 1 unspecified atom stereocenters. The van der Waals surface area contributed by atoms with Gasteiger partial charge in [0.15, 0.2) is 0 Å². The number of nitrogens with one attached hydrogen (secondary N) is 1. The summed E-state index contributed by atoms with van der Waals surface area (Å²) in [6, 6.07) is 6.36. The summed E-state index contributed by atoms with van der Waals surface area (Å²) in [7, 11) is -3.60. The maximum absolute atomic E-state index is 12.5. The lowest BCUT2D eigenvalue weighted by Crippen LogP contribution is -2.44. The highest BCUT2D eigenvalue weighted by Crippen LogP contribution is 2.28. The van der Waals surface area contributed by atoms with E-state index >= 15 is 0 Å². The maximum atomic E-state index is 12.5. The van der Waals surface area contributed by atoms with Gasteiger partial charge >= 0.3 is 0 Å². The van der Waals surface area contributed by atoms with Crippen molar-refractivity contribution in [3.05, 3.63) is 29.3 Å². The number of halogens is 1. The van der Waals surface area contributed by atoms with E-state index in [0.717, 1.165) is 25.7 Å². The van der Waals surface area contributed by atoms with Crippen molar-refractivity contribution >= 4 is 22.4 Å². The van der Waals surface area contributed by atoms with Crippen molar-refractivity contribution in [2.45, 2.75) is 43.5 Å². The molecule has 0 radical (unpaired) electrons. The van der Waals surface area contributed by atoms with Crippen molar-refractivity contribution in [1.29, 1.82) is 5.26 Å². The van der Waals surface area contributed by atoms with Crippen LogP contribution in [0.3, 0.4) is 0 Å². The van der Waals surface area contributed by atoms with Crippen molar-refractivity contribution in [2.75, 3.05) is 6.54 Å². The lowest BCUT2D eigenvalue weighted by atomic mass is 9.99. The maximum Gasteiger partial charge on any atom is 0.240 e. The van der Waals surface area contributed by atoms with E-state index in [0.29, 0.717) is 23.6 Å². The summed E-state index contributed by atoms with van der Waals surface area (Å²) < 4.78 is 27.7. The summed E-state index contributed by atoms with van der Waals surface area (Å²) in [6.07, 6.45) is 4.32. The van der Waals surface area contributed by atoms with E-state index in [4.69, 9.17) is 11.0 Å². The molecule has 1 atom stereocenters. The molecular formula is C15H22ClN3O2S. The van der Waals surface area contributed by atoms with Crippen LogP contribution in [-0.4, -0.2) is 21.0 Å². The Bertz CT molecular complexity index is 649. The van der Waals surface area contributed by atoms with Gasteiger partial charge in [-0.05, 0) is 49.4 Å². The van der Waals surface area contributed by atoms with E-state index in [1.54, 1.807) is 6.92 Å². The van der Waals surface area contributed by atoms with Gasteiger partial charge < -0.3 is 5.73 Å². The van der Waals surface area contributed by atoms with Crippen LogP contribution in [-0.2, 0) is 10.0 Å². The predicted molar refractivity (Wildman–Crippen MR) is 88.3 cm³/mol. The molecule has 22 heavy (non-hydrogen) atoms. The molecule has 0 bridgehead atoms. The highest BCUT2D eigenvalue weighted by Gasteiger charge is 2.28. The van der Waals surface area contributed by atoms with Crippen molar-refractivity contribution in [3.63, 3.8) is 0 Å². The fourth-order valence-corrected chi connectivity index (χ4v) is 4.30. The third-order valence-corrected chi connectivity index (χ3v) is 5.65. The van der Waals surface area contributed by atoms with Gasteiger partial charge in [-0.2, -0.15) is 5.26 Å². The molecule has 0 aromatic heterocycles. The standard InChI is InChI=1S/C15H21N3O2S.ClH/c1-11-8-14(7-6-13(11)9-16)21(19,20)18-15(10-17)12-4-2-3-5-12;/h6-8,12,15,18H,2-5,10,17H2,1H3;1H. The summed E-state index contributed by atoms with van der Waals surface area (Å²) in [5, 5.41) is 8.91. The highest BCUT2D eigenvalue weighted by atomic mass is 35.5. The number of aryl methyl sites for hydroxylation is 1. The SMILES string of the molecule is Cc1cc(S(=O)(=O)NC(CN)C2CCCC2)ccc1C#N.Cl. The van der Waals surface area contributed by atoms with Crippen LogP contribution < -0.4 is 10.5 Å². The zero-order valence-corrected chi connectivity index (χ0v) is 14.2. The summed E-state index contributed by atoms with van der Waals surface area (Å²) in [6.45, 7) is 2.04. The lowest BCUT2D eigenvalue weighted by Gasteiger charge is -2.23. The molecule has 5 nitrogen and oxygen atoms in total. The molecule has 0 amide bonds. The Morgan fingerprint density at radius 2 is 2.05 bits per heavy atom. The topological polar surface area (TPSA) is 96.0 Å². The lowest BCUT2D eigenvalue weighted by molar-refractivity contribution is 0.405. The minimum Gasteiger partial charge on any atom is -0.329 e. The van der Waals surface area contributed by atoms with Crippen molar-refractivity contribution in [2.24, 2.45) is 11.7 Å². The van der Waals surface area contributed by atoms with Crippen LogP contribution in [0.2, 0.25) is 0 Å². The van der Waals surface area contributed by atoms with Crippen LogP contribution in [0.4, 0.5) is 0 Å². The average molecular weight is 344 g/mol. The number of nitrogens with zero attached hydrogens (tertiary/aromatic N) is 1. The fraction of sp³-hybridized carbons (Fsp3) is 0.533. The van der Waals surface area contributed by atoms with Gasteiger partial charge in [0.2, 0.25) is 10.0 Å². The molecule has 1 aromatic carbocycles. The Morgan fingerprint density at radius 1 is 1.41 bits per heavy atom. The molecule has 2 rings (SSSR count). The summed E-state index contributed by atoms with van der Waals surface area (Å²) in [4.78, 5) is 0.190. The highest BCUT2D eigenvalue weighted by molar-refractivity contribution is 7.89. The monoisotopic (exact) mass is 343 g/mol. The van der Waals surface area contributed by atoms with Gasteiger partial charge in [-0.3, -0.25) is 0 Å². The second-order valence-corrected chi connectivity index (χ2v) is 7.31. The van der Waals surface area contributed by atoms with E-state index in [2.05, 4.69) is 4.72 Å². The van der Waals surface area contributed by atoms with Gasteiger partial charge in [0.05, 0.1) is 16.5 Å². The Hall–Kier alpha value is -1.13. The fourth-order valence-electron chi connectivity index (χ4n) is 2.89. The quantitative estimate of drug-likeness (QED) is 0.855. The van der Waals surface area contributed by atoms with Gasteiger partial charge in [0, 0.05) is 12.6 Å². The van der Waals surface area contributed by atoms with Crippen molar-refractivity contribution in [3.8, 4) is 6.07 Å². The molecule has 0 spiro atoms. The van der Waals surface area contributed by atoms with E-state index in [-0.39, 0.29) is 23.3 Å². The molecular weight excluding hydrogens is 322 g/mol. The van der Waals surface area contributed by atoms with Crippen molar-refractivity contribution < 1.29 is 8.42 Å². The molecule has 0 heterocycles. The number of nitrogens with two attached hydrogens (primary N) is 1. The Kier molecular flexibility index (Phi) is 6.82. The minimum absolute atomic E-state index is 0. The molecule has 3 N–H and O–H groups in total. The van der Waals surface area contributed by atoms with Gasteiger partial charge in [0.1, 0.15) is 0 Å². The molecule has 7 heteroatoms. The van der Waals surface area contributed by atoms with Crippen LogP contribution in [0.1, 0.15) is 36.8 Å². The van der Waals surface area contributed by atoms with Crippen molar-refractivity contribution in [1.82, 2.24) is 4.72 Å². The largest absolute Gasteiger partial charge is 0.329 e. The number of rotatable bonds is 5. The van der Waals surface area contributed by atoms with Gasteiger partial charge in [0.25, 0.3) is 0 Å². The minimum atomic E-state index is -3.60. The Morgan fingerprint density at radius 3 is 2.55 bits per heavy atom. The van der Waals surface area contributed by atoms with E-state index in [9.17, 15) is 8.42 Å². The first-order chi connectivity index (χ1) is 9.97. The first-order valence-electron chi connectivity index (χ1n) is 7.21. The third-order valence-electron chi connectivity index (χ3n) is 4.16. The van der Waals surface area contributed by atoms with Gasteiger partial charge in [-0.25, -0.2) is 13.1 Å². The normalized spacial score (nSPS) is 16.8. The van der Waals surface area contributed by atoms with E-state index < -0.39 is 10.0 Å². The van der Waals surface area contributed by atoms with Crippen LogP contribution in [0, 0.1) is 24.2 Å². The van der Waals surface area contributed by atoms with Crippen LogP contribution in [0.25, 0.3) is 0 Å². The Balaban J connectivity index is 0.00000242. The molecule has 0 saturated heterocycles. The first kappa shape index (κ1) is 18.9. The number of hydrogen-bond acceptors (Lipinski definition) is 4. The molecule has 0 aliphatic heterocycles. The average Bonchev–Trinajstić information content (AvgIpc) is 2.98.